The van der Waals surface area contributed by atoms with Crippen molar-refractivity contribution >= 4 is 79.0 Å². The molecule has 0 saturated heterocycles. The highest BCUT2D eigenvalue weighted by Gasteiger charge is 2.26. The van der Waals surface area contributed by atoms with E-state index in [1.165, 1.54) is 29.8 Å². The minimum Gasteiger partial charge on any atom is -0.465 e. The molecule has 2 heterocycles. The van der Waals surface area contributed by atoms with Crippen LogP contribution in [0.5, 0.6) is 0 Å². The van der Waals surface area contributed by atoms with Gasteiger partial charge in [0.25, 0.3) is 5.91 Å². The molecule has 0 bridgehead atoms. The lowest BCUT2D eigenvalue weighted by Crippen LogP contribution is -2.19. The molecular formula is C25H24ClN3O4S3. The van der Waals surface area contributed by atoms with E-state index in [0.29, 0.717) is 20.4 Å². The second kappa shape index (κ2) is 12.1. The van der Waals surface area contributed by atoms with E-state index in [2.05, 4.69) is 16.2 Å². The van der Waals surface area contributed by atoms with Gasteiger partial charge in [-0.1, -0.05) is 35.3 Å². The van der Waals surface area contributed by atoms with Gasteiger partial charge in [-0.3, -0.25) is 9.59 Å². The molecule has 7 nitrogen and oxygen atoms in total. The number of carbonyl (C=O) groups is 3. The molecule has 0 unspecified atom stereocenters. The Balaban J connectivity index is 1.41. The molecule has 0 aliphatic heterocycles. The molecule has 0 spiro atoms. The van der Waals surface area contributed by atoms with Crippen molar-refractivity contribution in [2.75, 3.05) is 23.9 Å². The van der Waals surface area contributed by atoms with Crippen LogP contribution in [0.2, 0.25) is 5.02 Å². The van der Waals surface area contributed by atoms with Crippen molar-refractivity contribution in [1.82, 2.24) is 4.57 Å². The van der Waals surface area contributed by atoms with Gasteiger partial charge in [-0.25, -0.2) is 4.79 Å². The highest BCUT2D eigenvalue weighted by atomic mass is 35.5. The fraction of sp³-hybridized carbons (Fsp3) is 0.360. The number of nitrogens with one attached hydrogen (secondary N) is 1. The predicted molar refractivity (Wildman–Crippen MR) is 147 cm³/mol. The van der Waals surface area contributed by atoms with Crippen molar-refractivity contribution in [3.63, 3.8) is 0 Å². The lowest BCUT2D eigenvalue weighted by molar-refractivity contribution is -0.115. The van der Waals surface area contributed by atoms with Crippen LogP contribution in [-0.4, -0.2) is 41.0 Å². The van der Waals surface area contributed by atoms with Crippen molar-refractivity contribution in [2.24, 2.45) is 4.99 Å². The summed E-state index contributed by atoms with van der Waals surface area (Å²) in [5, 5.41) is 3.97. The van der Waals surface area contributed by atoms with Crippen LogP contribution in [0.3, 0.4) is 0 Å². The van der Waals surface area contributed by atoms with Gasteiger partial charge in [0.15, 0.2) is 4.80 Å². The van der Waals surface area contributed by atoms with Gasteiger partial charge in [0.1, 0.15) is 5.00 Å². The number of ether oxygens (including phenoxy) is 1. The van der Waals surface area contributed by atoms with Crippen LogP contribution in [0.25, 0.3) is 10.2 Å². The highest BCUT2D eigenvalue weighted by molar-refractivity contribution is 8.00. The van der Waals surface area contributed by atoms with Crippen molar-refractivity contribution < 1.29 is 19.1 Å². The number of thiophene rings is 1. The van der Waals surface area contributed by atoms with E-state index in [1.807, 2.05) is 12.1 Å². The van der Waals surface area contributed by atoms with E-state index in [-0.39, 0.29) is 29.9 Å². The molecular weight excluding hydrogens is 538 g/mol. The van der Waals surface area contributed by atoms with Crippen LogP contribution < -0.4 is 10.1 Å². The summed E-state index contributed by atoms with van der Waals surface area (Å²) in [6.07, 6.45) is 10.4. The maximum atomic E-state index is 12.6. The van der Waals surface area contributed by atoms with Gasteiger partial charge in [-0.05, 0) is 49.4 Å². The molecule has 0 saturated carbocycles. The number of esters is 1. The van der Waals surface area contributed by atoms with E-state index >= 15 is 0 Å². The van der Waals surface area contributed by atoms with Gasteiger partial charge in [0.2, 0.25) is 5.91 Å². The Kier molecular flexibility index (Phi) is 8.90. The normalized spacial score (nSPS) is 13.6. The number of carbonyl (C=O) groups excluding carboxylic acids is 3. The molecule has 1 aliphatic carbocycles. The molecule has 1 aromatic carbocycles. The third kappa shape index (κ3) is 6.03. The van der Waals surface area contributed by atoms with Gasteiger partial charge in [-0.15, -0.1) is 29.5 Å². The van der Waals surface area contributed by atoms with Gasteiger partial charge in [-0.2, -0.15) is 4.99 Å². The second-order valence-corrected chi connectivity index (χ2v) is 11.6. The molecule has 188 valence electrons. The lowest BCUT2D eigenvalue weighted by atomic mass is 10.1. The average molecular weight is 562 g/mol. The topological polar surface area (TPSA) is 89.8 Å². The maximum absolute atomic E-state index is 12.6. The Morgan fingerprint density at radius 2 is 2.03 bits per heavy atom. The number of hydrogen-bond donors (Lipinski definition) is 1. The number of halogens is 1. The summed E-state index contributed by atoms with van der Waals surface area (Å²) in [5.74, 6) is 1.58. The summed E-state index contributed by atoms with van der Waals surface area (Å²) < 4.78 is 7.66. The lowest BCUT2D eigenvalue weighted by Gasteiger charge is -2.07. The number of hydrogen-bond acceptors (Lipinski definition) is 7. The molecule has 0 atom stereocenters. The summed E-state index contributed by atoms with van der Waals surface area (Å²) >= 11 is 10.0. The van der Waals surface area contributed by atoms with Crippen molar-refractivity contribution in [1.29, 1.82) is 0 Å². The number of methoxy groups -OCH3 is 1. The molecule has 1 N–H and O–H groups in total. The quantitative estimate of drug-likeness (QED) is 0.252. The first kappa shape index (κ1) is 26.5. The standard InChI is InChI=1S/C25H24ClN3O4S3/c1-3-11-29-17-10-9-15(26)12-19(17)36-25(29)28-21(31)14-34-13-20(30)27-23-22(24(32)33-2)16-7-5-4-6-8-18(16)35-23/h1,9-10,12H,4-8,11,13-14H2,2H3,(H,27,30). The molecule has 3 aromatic rings. The SMILES string of the molecule is C#CCn1c(=NC(=O)CSCC(=O)Nc2sc3c(c2C(=O)OC)CCCCC3)sc2cc(Cl)ccc21. The van der Waals surface area contributed by atoms with Gasteiger partial charge in [0, 0.05) is 9.90 Å². The number of terminal acetylenes is 1. The van der Waals surface area contributed by atoms with E-state index < -0.39 is 5.97 Å². The van der Waals surface area contributed by atoms with Gasteiger partial charge in [0.05, 0.1) is 40.9 Å². The number of rotatable bonds is 7. The van der Waals surface area contributed by atoms with Crippen molar-refractivity contribution in [3.8, 4) is 12.3 Å². The summed E-state index contributed by atoms with van der Waals surface area (Å²) in [7, 11) is 1.35. The largest absolute Gasteiger partial charge is 0.465 e. The Labute approximate surface area is 225 Å². The van der Waals surface area contributed by atoms with E-state index in [0.717, 1.165) is 64.5 Å². The molecule has 36 heavy (non-hydrogen) atoms. The Morgan fingerprint density at radius 1 is 1.22 bits per heavy atom. The number of amides is 2. The van der Waals surface area contributed by atoms with E-state index in [1.54, 1.807) is 10.6 Å². The van der Waals surface area contributed by atoms with Crippen LogP contribution in [0.15, 0.2) is 23.2 Å². The molecule has 0 radical (unpaired) electrons. The minimum absolute atomic E-state index is 0.0310. The fourth-order valence-corrected chi connectivity index (χ4v) is 7.27. The number of aromatic nitrogens is 1. The first-order valence-corrected chi connectivity index (χ1v) is 14.5. The predicted octanol–water partition coefficient (Wildman–Crippen LogP) is 4.91. The molecule has 1 aliphatic rings. The molecule has 4 rings (SSSR count). The molecule has 2 aromatic heterocycles. The summed E-state index contributed by atoms with van der Waals surface area (Å²) in [4.78, 5) is 43.5. The number of thioether (sulfide) groups is 1. The first-order valence-electron chi connectivity index (χ1n) is 11.3. The Bertz CT molecular complexity index is 1430. The second-order valence-electron chi connectivity index (χ2n) is 8.09. The molecule has 11 heteroatoms. The van der Waals surface area contributed by atoms with E-state index in [4.69, 9.17) is 22.8 Å². The average Bonchev–Trinajstić information content (AvgIpc) is 3.25. The monoisotopic (exact) mass is 561 g/mol. The summed E-state index contributed by atoms with van der Waals surface area (Å²) in [6, 6.07) is 5.42. The smallest absolute Gasteiger partial charge is 0.341 e. The van der Waals surface area contributed by atoms with Gasteiger partial charge < -0.3 is 14.6 Å². The van der Waals surface area contributed by atoms with Crippen molar-refractivity contribution in [2.45, 2.75) is 38.6 Å². The number of aryl methyl sites for hydroxylation is 1. The molecule has 0 fully saturated rings. The number of fused-ring (bicyclic) bond motifs is 2. The number of anilines is 1. The zero-order chi connectivity index (χ0) is 25.7. The molecule has 2 amide bonds. The minimum atomic E-state index is -0.434. The van der Waals surface area contributed by atoms with Crippen LogP contribution in [0.1, 0.15) is 40.1 Å². The zero-order valence-electron chi connectivity index (χ0n) is 19.6. The maximum Gasteiger partial charge on any atom is 0.341 e. The summed E-state index contributed by atoms with van der Waals surface area (Å²) in [5.41, 5.74) is 2.31. The fourth-order valence-electron chi connectivity index (χ4n) is 4.06. The Hall–Kier alpha value is -2.58. The number of nitrogens with zero attached hydrogens (tertiary/aromatic N) is 2. The number of thiazole rings is 1. The van der Waals surface area contributed by atoms with Crippen molar-refractivity contribution in [3.05, 3.63) is 44.0 Å². The zero-order valence-corrected chi connectivity index (χ0v) is 22.8. The third-order valence-corrected chi connectivity index (χ3v) is 9.04. The van der Waals surface area contributed by atoms with Gasteiger partial charge >= 0.3 is 5.97 Å². The summed E-state index contributed by atoms with van der Waals surface area (Å²) in [6.45, 7) is 0.274. The number of benzene rings is 1. The van der Waals surface area contributed by atoms with Crippen LogP contribution in [0.4, 0.5) is 5.00 Å². The van der Waals surface area contributed by atoms with Crippen LogP contribution >= 0.6 is 46.0 Å². The van der Waals surface area contributed by atoms with Crippen LogP contribution in [-0.2, 0) is 33.7 Å². The first-order chi connectivity index (χ1) is 17.4. The van der Waals surface area contributed by atoms with E-state index in [9.17, 15) is 14.4 Å². The van der Waals surface area contributed by atoms with Crippen LogP contribution in [0, 0.1) is 12.3 Å². The third-order valence-electron chi connectivity index (χ3n) is 5.64. The Morgan fingerprint density at radius 3 is 2.81 bits per heavy atom. The highest BCUT2D eigenvalue weighted by Crippen LogP contribution is 2.38.